The molecule has 0 saturated carbocycles. The molecule has 1 amide bonds. The number of hydrogen-bond acceptors (Lipinski definition) is 8. The van der Waals surface area contributed by atoms with Crippen LogP contribution in [0.1, 0.15) is 20.8 Å². The van der Waals surface area contributed by atoms with Crippen molar-refractivity contribution in [2.24, 2.45) is 10.2 Å². The third kappa shape index (κ3) is 6.72. The van der Waals surface area contributed by atoms with Gasteiger partial charge >= 0.3 is 0 Å². The maximum absolute atomic E-state index is 12.9. The lowest BCUT2D eigenvalue weighted by atomic mass is 10.2. The van der Waals surface area contributed by atoms with E-state index in [0.29, 0.717) is 35.5 Å². The molecule has 2 rings (SSSR count). The summed E-state index contributed by atoms with van der Waals surface area (Å²) in [4.78, 5) is 25.0. The van der Waals surface area contributed by atoms with Gasteiger partial charge in [-0.3, -0.25) is 9.59 Å². The highest BCUT2D eigenvalue weighted by atomic mass is 35.5. The fraction of sp³-hybridized carbons (Fsp3) is 0.364. The molecule has 2 aromatic carbocycles. The van der Waals surface area contributed by atoms with Gasteiger partial charge in [0.1, 0.15) is 33.7 Å². The number of methoxy groups -OCH3 is 2. The number of hydrogen-bond donors (Lipinski definition) is 1. The minimum Gasteiger partial charge on any atom is -0.495 e. The first kappa shape index (κ1) is 26.2. The summed E-state index contributed by atoms with van der Waals surface area (Å²) in [5.74, 6) is 0.148. The summed E-state index contributed by atoms with van der Waals surface area (Å²) < 4.78 is 21.4. The Morgan fingerprint density at radius 3 is 2.21 bits per heavy atom. The summed E-state index contributed by atoms with van der Waals surface area (Å²) in [6.07, 6.45) is 0. The van der Waals surface area contributed by atoms with Crippen molar-refractivity contribution in [2.75, 3.05) is 32.8 Å². The minimum absolute atomic E-state index is 0.177. The summed E-state index contributed by atoms with van der Waals surface area (Å²) in [5, 5.41) is 11.1. The molecular weight excluding hydrogens is 473 g/mol. The average molecular weight is 498 g/mol. The number of carbonyl (C=O) groups excluding carboxylic acids is 2. The summed E-state index contributed by atoms with van der Waals surface area (Å²) in [7, 11) is 2.85. The van der Waals surface area contributed by atoms with Crippen LogP contribution in [0.15, 0.2) is 34.5 Å². The molecule has 0 aromatic heterocycles. The quantitative estimate of drug-likeness (QED) is 0.324. The highest BCUT2D eigenvalue weighted by Crippen LogP contribution is 2.39. The average Bonchev–Trinajstić information content (AvgIpc) is 2.77. The molecule has 9 nitrogen and oxygen atoms in total. The molecule has 0 radical (unpaired) electrons. The zero-order valence-electron chi connectivity index (χ0n) is 18.9. The number of anilines is 1. The molecule has 33 heavy (non-hydrogen) atoms. The van der Waals surface area contributed by atoms with Crippen molar-refractivity contribution in [2.45, 2.75) is 26.8 Å². The van der Waals surface area contributed by atoms with Crippen LogP contribution in [0.2, 0.25) is 10.0 Å². The fourth-order valence-corrected chi connectivity index (χ4v) is 3.17. The van der Waals surface area contributed by atoms with E-state index in [-0.39, 0.29) is 22.1 Å². The summed E-state index contributed by atoms with van der Waals surface area (Å²) in [5.41, 5.74) is 0.441. The number of Topliss-reactive ketones (excluding diaryl/α,β-unsaturated/α-hetero) is 1. The van der Waals surface area contributed by atoms with Crippen LogP contribution in [-0.4, -0.2) is 45.2 Å². The minimum atomic E-state index is -1.45. The highest BCUT2D eigenvalue weighted by Gasteiger charge is 2.25. The van der Waals surface area contributed by atoms with Crippen molar-refractivity contribution in [1.29, 1.82) is 0 Å². The Morgan fingerprint density at radius 2 is 1.64 bits per heavy atom. The van der Waals surface area contributed by atoms with Crippen LogP contribution in [0.3, 0.4) is 0 Å². The molecule has 11 heteroatoms. The number of rotatable bonds is 11. The van der Waals surface area contributed by atoms with Gasteiger partial charge in [0, 0.05) is 24.3 Å². The molecule has 0 aliphatic carbocycles. The molecule has 2 aromatic rings. The van der Waals surface area contributed by atoms with E-state index in [9.17, 15) is 9.59 Å². The standard InChI is InChI=1S/C22H25Cl2N3O6/c1-6-32-13-8-16(20(24)19(9-13)33-7-2)26-27-21(12(3)28)22(29)25-15-11-17(30-4)14(23)10-18(15)31-5/h8-11,21H,6-7H2,1-5H3,(H,25,29). The van der Waals surface area contributed by atoms with Gasteiger partial charge in [-0.25, -0.2) is 0 Å². The Hall–Kier alpha value is -3.04. The molecular formula is C22H25Cl2N3O6. The maximum Gasteiger partial charge on any atom is 0.258 e. The van der Waals surface area contributed by atoms with E-state index < -0.39 is 17.7 Å². The SMILES string of the molecule is CCOc1cc(N=NC(C(C)=O)C(=O)Nc2cc(OC)c(Cl)cc2OC)c(Cl)c(OCC)c1. The number of ether oxygens (including phenoxy) is 4. The molecule has 0 spiro atoms. The van der Waals surface area contributed by atoms with Gasteiger partial charge in [-0.2, -0.15) is 10.2 Å². The topological polar surface area (TPSA) is 108 Å². The van der Waals surface area contributed by atoms with E-state index in [1.165, 1.54) is 33.3 Å². The molecule has 1 N–H and O–H groups in total. The number of nitrogens with zero attached hydrogens (tertiary/aromatic N) is 2. The Bertz CT molecular complexity index is 1050. The van der Waals surface area contributed by atoms with Crippen LogP contribution in [0.5, 0.6) is 23.0 Å². The van der Waals surface area contributed by atoms with Gasteiger partial charge in [0.15, 0.2) is 5.78 Å². The second kappa shape index (κ2) is 12.3. The molecule has 0 aliphatic rings. The van der Waals surface area contributed by atoms with Crippen LogP contribution >= 0.6 is 23.2 Å². The zero-order valence-corrected chi connectivity index (χ0v) is 20.4. The largest absolute Gasteiger partial charge is 0.495 e. The van der Waals surface area contributed by atoms with Crippen LogP contribution in [0.25, 0.3) is 0 Å². The maximum atomic E-state index is 12.9. The van der Waals surface area contributed by atoms with E-state index >= 15 is 0 Å². The lowest BCUT2D eigenvalue weighted by Crippen LogP contribution is -2.32. The van der Waals surface area contributed by atoms with Gasteiger partial charge in [-0.1, -0.05) is 23.2 Å². The van der Waals surface area contributed by atoms with Crippen LogP contribution in [0, 0.1) is 0 Å². The predicted molar refractivity (Wildman–Crippen MR) is 126 cm³/mol. The summed E-state index contributed by atoms with van der Waals surface area (Å²) in [6.45, 7) is 5.64. The summed E-state index contributed by atoms with van der Waals surface area (Å²) in [6, 6.07) is 4.68. The Kier molecular flexibility index (Phi) is 9.74. The van der Waals surface area contributed by atoms with Crippen molar-refractivity contribution in [3.05, 3.63) is 34.3 Å². The molecule has 1 unspecified atom stereocenters. The number of amides is 1. The first-order valence-electron chi connectivity index (χ1n) is 9.98. The van der Waals surface area contributed by atoms with Gasteiger partial charge in [0.25, 0.3) is 5.91 Å². The van der Waals surface area contributed by atoms with E-state index in [2.05, 4.69) is 15.5 Å². The second-order valence-corrected chi connectivity index (χ2v) is 7.31. The lowest BCUT2D eigenvalue weighted by molar-refractivity contribution is -0.126. The van der Waals surface area contributed by atoms with Crippen LogP contribution in [0.4, 0.5) is 11.4 Å². The number of azo groups is 1. The number of carbonyl (C=O) groups is 2. The van der Waals surface area contributed by atoms with Crippen molar-refractivity contribution in [3.8, 4) is 23.0 Å². The Labute approximate surface area is 202 Å². The smallest absolute Gasteiger partial charge is 0.258 e. The van der Waals surface area contributed by atoms with E-state index in [4.69, 9.17) is 42.1 Å². The van der Waals surface area contributed by atoms with E-state index in [1.54, 1.807) is 19.1 Å². The first-order chi connectivity index (χ1) is 15.7. The molecule has 0 saturated heterocycles. The van der Waals surface area contributed by atoms with Gasteiger partial charge in [0.05, 0.1) is 38.1 Å². The van der Waals surface area contributed by atoms with Crippen LogP contribution < -0.4 is 24.3 Å². The zero-order chi connectivity index (χ0) is 24.5. The number of halogens is 2. The number of benzene rings is 2. The van der Waals surface area contributed by atoms with Crippen molar-refractivity contribution in [1.82, 2.24) is 0 Å². The summed E-state index contributed by atoms with van der Waals surface area (Å²) >= 11 is 12.5. The monoisotopic (exact) mass is 497 g/mol. The molecule has 1 atom stereocenters. The number of nitrogens with one attached hydrogen (secondary N) is 1. The molecule has 0 aliphatic heterocycles. The van der Waals surface area contributed by atoms with Crippen molar-refractivity contribution in [3.63, 3.8) is 0 Å². The van der Waals surface area contributed by atoms with Gasteiger partial charge < -0.3 is 24.3 Å². The normalized spacial score (nSPS) is 11.7. The van der Waals surface area contributed by atoms with E-state index in [1.807, 2.05) is 6.92 Å². The second-order valence-electron chi connectivity index (χ2n) is 6.53. The van der Waals surface area contributed by atoms with Gasteiger partial charge in [0.2, 0.25) is 6.04 Å². The van der Waals surface area contributed by atoms with Crippen molar-refractivity contribution < 1.29 is 28.5 Å². The molecule has 178 valence electrons. The first-order valence-corrected chi connectivity index (χ1v) is 10.7. The van der Waals surface area contributed by atoms with Gasteiger partial charge in [-0.15, -0.1) is 0 Å². The molecule has 0 heterocycles. The third-order valence-corrected chi connectivity index (χ3v) is 4.93. The lowest BCUT2D eigenvalue weighted by Gasteiger charge is -2.15. The van der Waals surface area contributed by atoms with Crippen molar-refractivity contribution >= 4 is 46.3 Å². The fourth-order valence-electron chi connectivity index (χ4n) is 2.74. The van der Waals surface area contributed by atoms with Crippen LogP contribution in [-0.2, 0) is 9.59 Å². The highest BCUT2D eigenvalue weighted by molar-refractivity contribution is 6.34. The third-order valence-electron chi connectivity index (χ3n) is 4.25. The predicted octanol–water partition coefficient (Wildman–Crippen LogP) is 5.49. The molecule has 0 fully saturated rings. The van der Waals surface area contributed by atoms with Gasteiger partial charge in [-0.05, 0) is 20.8 Å². The van der Waals surface area contributed by atoms with E-state index in [0.717, 1.165) is 0 Å². The molecule has 0 bridgehead atoms. The Balaban J connectivity index is 2.37. The Morgan fingerprint density at radius 1 is 0.970 bits per heavy atom. The number of ketones is 1.